The summed E-state index contributed by atoms with van der Waals surface area (Å²) in [4.78, 5) is 4.91. The molecule has 3 aromatic carbocycles. The van der Waals surface area contributed by atoms with Gasteiger partial charge in [-0.3, -0.25) is 4.90 Å². The van der Waals surface area contributed by atoms with Crippen LogP contribution in [0.5, 0.6) is 11.5 Å². The molecule has 3 heterocycles. The van der Waals surface area contributed by atoms with Crippen LogP contribution in [0.4, 0.5) is 5.69 Å². The molecule has 2 saturated heterocycles. The Balaban J connectivity index is 1.03. The number of nitrogens with one attached hydrogen (secondary N) is 1. The minimum absolute atomic E-state index is 0.143. The second-order valence-corrected chi connectivity index (χ2v) is 11.8. The number of methoxy groups -OCH3 is 1. The van der Waals surface area contributed by atoms with E-state index in [9.17, 15) is 0 Å². The number of benzene rings is 3. The van der Waals surface area contributed by atoms with Gasteiger partial charge in [-0.05, 0) is 66.8 Å². The predicted octanol–water partition coefficient (Wildman–Crippen LogP) is 5.24. The van der Waals surface area contributed by atoms with Gasteiger partial charge < -0.3 is 29.2 Å². The standard InChI is InChI=1S/C35H45N3O4/c1-39-20-5-17-38-19-21-40-34-13-10-28(22-33(34)38)26-41-35-23-36-16-14-32(35)29-11-8-27(9-12-29)24-37-18-15-31(25-37)42-30-6-3-2-4-7-30/h2-4,6-13,22,31-32,35-36H,5,14-21,23-26H2,1H3/t31-,32-,35+/m1/s1. The average molecular weight is 572 g/mol. The maximum absolute atomic E-state index is 6.60. The number of fused-ring (bicyclic) bond motifs is 1. The lowest BCUT2D eigenvalue weighted by molar-refractivity contribution is 0.0106. The number of ether oxygens (including phenoxy) is 4. The Morgan fingerprint density at radius 3 is 2.67 bits per heavy atom. The van der Waals surface area contributed by atoms with Crippen LogP contribution in [0.1, 0.15) is 41.9 Å². The average Bonchev–Trinajstić information content (AvgIpc) is 3.47. The molecular formula is C35H45N3O4. The first-order valence-corrected chi connectivity index (χ1v) is 15.6. The van der Waals surface area contributed by atoms with Crippen molar-refractivity contribution in [2.45, 2.75) is 50.5 Å². The molecule has 0 unspecified atom stereocenters. The molecule has 3 aliphatic heterocycles. The molecule has 6 rings (SSSR count). The highest BCUT2D eigenvalue weighted by atomic mass is 16.5. The highest BCUT2D eigenvalue weighted by Crippen LogP contribution is 2.34. The first-order chi connectivity index (χ1) is 20.7. The lowest BCUT2D eigenvalue weighted by atomic mass is 9.87. The molecule has 7 nitrogen and oxygen atoms in total. The fraction of sp³-hybridized carbons (Fsp3) is 0.486. The number of hydrogen-bond acceptors (Lipinski definition) is 7. The molecular weight excluding hydrogens is 526 g/mol. The van der Waals surface area contributed by atoms with Crippen molar-refractivity contribution in [3.63, 3.8) is 0 Å². The normalized spacial score (nSPS) is 22.5. The summed E-state index contributed by atoms with van der Waals surface area (Å²) in [6, 6.07) is 25.9. The third kappa shape index (κ3) is 7.45. The summed E-state index contributed by atoms with van der Waals surface area (Å²) < 4.78 is 24.0. The molecule has 224 valence electrons. The van der Waals surface area contributed by atoms with Gasteiger partial charge in [0.1, 0.15) is 24.2 Å². The largest absolute Gasteiger partial charge is 0.490 e. The first kappa shape index (κ1) is 29.0. The van der Waals surface area contributed by atoms with Crippen LogP contribution in [0.2, 0.25) is 0 Å². The molecule has 0 amide bonds. The highest BCUT2D eigenvalue weighted by molar-refractivity contribution is 5.61. The molecule has 7 heteroatoms. The maximum Gasteiger partial charge on any atom is 0.142 e. The number of anilines is 1. The smallest absolute Gasteiger partial charge is 0.142 e. The summed E-state index contributed by atoms with van der Waals surface area (Å²) in [6.45, 7) is 8.89. The number of piperidine rings is 1. The fourth-order valence-corrected chi connectivity index (χ4v) is 6.49. The Morgan fingerprint density at radius 2 is 1.81 bits per heavy atom. The molecule has 0 aliphatic carbocycles. The lowest BCUT2D eigenvalue weighted by Gasteiger charge is -2.33. The Morgan fingerprint density at radius 1 is 0.952 bits per heavy atom. The van der Waals surface area contributed by atoms with Crippen molar-refractivity contribution in [1.82, 2.24) is 10.2 Å². The fourth-order valence-electron chi connectivity index (χ4n) is 6.49. The summed E-state index contributed by atoms with van der Waals surface area (Å²) in [6.07, 6.45) is 3.57. The molecule has 0 radical (unpaired) electrons. The monoisotopic (exact) mass is 571 g/mol. The van der Waals surface area contributed by atoms with Gasteiger partial charge in [0.05, 0.1) is 24.9 Å². The predicted molar refractivity (Wildman–Crippen MR) is 167 cm³/mol. The first-order valence-electron chi connectivity index (χ1n) is 15.6. The second kappa shape index (κ2) is 14.4. The van der Waals surface area contributed by atoms with Gasteiger partial charge in [0.15, 0.2) is 0 Å². The van der Waals surface area contributed by atoms with Crippen molar-refractivity contribution >= 4 is 5.69 Å². The van der Waals surface area contributed by atoms with E-state index in [1.807, 2.05) is 30.3 Å². The topological polar surface area (TPSA) is 55.4 Å². The van der Waals surface area contributed by atoms with Gasteiger partial charge in [-0.25, -0.2) is 0 Å². The van der Waals surface area contributed by atoms with Crippen molar-refractivity contribution in [1.29, 1.82) is 0 Å². The van der Waals surface area contributed by atoms with Gasteiger partial charge in [0.25, 0.3) is 0 Å². The number of para-hydroxylation sites is 1. The molecule has 42 heavy (non-hydrogen) atoms. The molecule has 3 aromatic rings. The van der Waals surface area contributed by atoms with Gasteiger partial charge in [-0.2, -0.15) is 0 Å². The van der Waals surface area contributed by atoms with Gasteiger partial charge in [-0.15, -0.1) is 0 Å². The van der Waals surface area contributed by atoms with Crippen LogP contribution in [0.3, 0.4) is 0 Å². The van der Waals surface area contributed by atoms with E-state index in [0.29, 0.717) is 12.5 Å². The van der Waals surface area contributed by atoms with Crippen molar-refractivity contribution < 1.29 is 18.9 Å². The van der Waals surface area contributed by atoms with Gasteiger partial charge in [0, 0.05) is 52.4 Å². The SMILES string of the molecule is COCCCN1CCOc2ccc(CO[C@H]3CNCC[C@@H]3c3ccc(CN4CC[C@@H](Oc5ccccc5)C4)cc3)cc21. The van der Waals surface area contributed by atoms with Gasteiger partial charge >= 0.3 is 0 Å². The van der Waals surface area contributed by atoms with Crippen molar-refractivity contribution in [2.75, 3.05) is 64.5 Å². The number of nitrogens with zero attached hydrogens (tertiary/aromatic N) is 2. The molecule has 0 spiro atoms. The van der Waals surface area contributed by atoms with Gasteiger partial charge in [-0.1, -0.05) is 48.5 Å². The Hall–Kier alpha value is -3.10. The van der Waals surface area contributed by atoms with E-state index in [4.69, 9.17) is 18.9 Å². The molecule has 3 aliphatic rings. The molecule has 0 saturated carbocycles. The molecule has 2 fully saturated rings. The highest BCUT2D eigenvalue weighted by Gasteiger charge is 2.28. The van der Waals surface area contributed by atoms with Crippen LogP contribution in [0, 0.1) is 0 Å². The van der Waals surface area contributed by atoms with Crippen LogP contribution < -0.4 is 19.7 Å². The van der Waals surface area contributed by atoms with Crippen LogP contribution in [-0.4, -0.2) is 76.7 Å². The Labute approximate surface area is 250 Å². The van der Waals surface area contributed by atoms with Crippen molar-refractivity contribution in [3.05, 3.63) is 89.5 Å². The zero-order valence-corrected chi connectivity index (χ0v) is 24.9. The van der Waals surface area contributed by atoms with E-state index >= 15 is 0 Å². The molecule has 0 aromatic heterocycles. The third-order valence-corrected chi connectivity index (χ3v) is 8.74. The zero-order chi connectivity index (χ0) is 28.6. The molecule has 0 bridgehead atoms. The van der Waals surface area contributed by atoms with E-state index in [2.05, 4.69) is 57.6 Å². The van der Waals surface area contributed by atoms with Crippen LogP contribution in [0.25, 0.3) is 0 Å². The second-order valence-electron chi connectivity index (χ2n) is 11.8. The minimum Gasteiger partial charge on any atom is -0.490 e. The van der Waals surface area contributed by atoms with E-state index in [1.165, 1.54) is 22.4 Å². The summed E-state index contributed by atoms with van der Waals surface area (Å²) in [5, 5.41) is 3.55. The van der Waals surface area contributed by atoms with E-state index < -0.39 is 0 Å². The number of likely N-dealkylation sites (tertiary alicyclic amines) is 1. The van der Waals surface area contributed by atoms with Gasteiger partial charge in [0.2, 0.25) is 0 Å². The summed E-state index contributed by atoms with van der Waals surface area (Å²) >= 11 is 0. The van der Waals surface area contributed by atoms with E-state index in [0.717, 1.165) is 89.8 Å². The van der Waals surface area contributed by atoms with Crippen LogP contribution >= 0.6 is 0 Å². The number of rotatable bonds is 12. The summed E-state index contributed by atoms with van der Waals surface area (Å²) in [5.41, 5.74) is 5.09. The third-order valence-electron chi connectivity index (χ3n) is 8.74. The number of hydrogen-bond donors (Lipinski definition) is 1. The zero-order valence-electron chi connectivity index (χ0n) is 24.9. The van der Waals surface area contributed by atoms with E-state index in [1.54, 1.807) is 7.11 Å². The Bertz CT molecular complexity index is 1250. The van der Waals surface area contributed by atoms with Crippen LogP contribution in [0.15, 0.2) is 72.8 Å². The summed E-state index contributed by atoms with van der Waals surface area (Å²) in [5.74, 6) is 2.32. The lowest BCUT2D eigenvalue weighted by Crippen LogP contribution is -2.41. The minimum atomic E-state index is 0.143. The van der Waals surface area contributed by atoms with E-state index in [-0.39, 0.29) is 12.2 Å². The quantitative estimate of drug-likeness (QED) is 0.299. The molecule has 1 N–H and O–H groups in total. The van der Waals surface area contributed by atoms with Crippen LogP contribution in [-0.2, 0) is 22.6 Å². The van der Waals surface area contributed by atoms with Crippen molar-refractivity contribution in [3.8, 4) is 11.5 Å². The molecule has 3 atom stereocenters. The van der Waals surface area contributed by atoms with Crippen molar-refractivity contribution in [2.24, 2.45) is 0 Å². The Kier molecular flexibility index (Phi) is 9.93. The maximum atomic E-state index is 6.60. The summed E-state index contributed by atoms with van der Waals surface area (Å²) in [7, 11) is 1.76.